The van der Waals surface area contributed by atoms with Crippen molar-refractivity contribution in [2.75, 3.05) is 11.9 Å². The number of carbonyl (C=O) groups excluding carboxylic acids is 1. The fraction of sp³-hybridized carbons (Fsp3) is 0.235. The van der Waals surface area contributed by atoms with Gasteiger partial charge in [-0.1, -0.05) is 41.9 Å². The molecule has 0 radical (unpaired) electrons. The summed E-state index contributed by atoms with van der Waals surface area (Å²) in [6, 6.07) is 15.3. The number of ether oxygens (including phenoxy) is 1. The minimum Gasteiger partial charge on any atom is -0.484 e. The van der Waals surface area contributed by atoms with E-state index in [-0.39, 0.29) is 12.5 Å². The van der Waals surface area contributed by atoms with E-state index in [2.05, 4.69) is 41.2 Å². The topological polar surface area (TPSA) is 38.3 Å². The molecule has 0 spiro atoms. The summed E-state index contributed by atoms with van der Waals surface area (Å²) in [5, 5.41) is 2.79. The standard InChI is InChI=1S/C17H18BrNO2/c1-12(2)13-4-3-5-16(10-13)21-11-17(20)19-15-8-6-14(18)7-9-15/h3-10,12H,11H2,1-2H3,(H,19,20). The van der Waals surface area contributed by atoms with Gasteiger partial charge in [-0.2, -0.15) is 0 Å². The van der Waals surface area contributed by atoms with Crippen LogP contribution in [-0.4, -0.2) is 12.5 Å². The van der Waals surface area contributed by atoms with Gasteiger partial charge >= 0.3 is 0 Å². The van der Waals surface area contributed by atoms with E-state index >= 15 is 0 Å². The lowest BCUT2D eigenvalue weighted by Crippen LogP contribution is -2.20. The second-order valence-electron chi connectivity index (χ2n) is 5.07. The van der Waals surface area contributed by atoms with Crippen LogP contribution in [0.15, 0.2) is 53.0 Å². The molecule has 0 saturated heterocycles. The van der Waals surface area contributed by atoms with Gasteiger partial charge in [0.2, 0.25) is 0 Å². The predicted octanol–water partition coefficient (Wildman–Crippen LogP) is 4.59. The van der Waals surface area contributed by atoms with Gasteiger partial charge in [-0.25, -0.2) is 0 Å². The van der Waals surface area contributed by atoms with Crippen LogP contribution >= 0.6 is 15.9 Å². The van der Waals surface area contributed by atoms with Crippen molar-refractivity contribution in [3.8, 4) is 5.75 Å². The number of carbonyl (C=O) groups is 1. The van der Waals surface area contributed by atoms with Crippen molar-refractivity contribution in [3.05, 3.63) is 58.6 Å². The number of hydrogen-bond donors (Lipinski definition) is 1. The van der Waals surface area contributed by atoms with Gasteiger partial charge in [0.05, 0.1) is 0 Å². The number of nitrogens with one attached hydrogen (secondary N) is 1. The molecule has 0 aromatic heterocycles. The highest BCUT2D eigenvalue weighted by atomic mass is 79.9. The molecule has 0 aliphatic carbocycles. The minimum absolute atomic E-state index is 0.00237. The van der Waals surface area contributed by atoms with Crippen LogP contribution in [0.2, 0.25) is 0 Å². The number of rotatable bonds is 5. The number of benzene rings is 2. The molecule has 0 atom stereocenters. The summed E-state index contributed by atoms with van der Waals surface area (Å²) in [6.45, 7) is 4.25. The third-order valence-corrected chi connectivity index (χ3v) is 3.55. The van der Waals surface area contributed by atoms with Crippen LogP contribution < -0.4 is 10.1 Å². The minimum atomic E-state index is -0.174. The van der Waals surface area contributed by atoms with Gasteiger partial charge in [0.1, 0.15) is 5.75 Å². The Hall–Kier alpha value is -1.81. The molecule has 110 valence electrons. The van der Waals surface area contributed by atoms with E-state index in [4.69, 9.17) is 4.74 Å². The number of amides is 1. The molecule has 1 amide bonds. The van der Waals surface area contributed by atoms with Gasteiger partial charge in [-0.3, -0.25) is 4.79 Å². The molecular formula is C17H18BrNO2. The zero-order valence-corrected chi connectivity index (χ0v) is 13.7. The summed E-state index contributed by atoms with van der Waals surface area (Å²) in [6.07, 6.45) is 0. The van der Waals surface area contributed by atoms with Crippen LogP contribution in [0.3, 0.4) is 0 Å². The van der Waals surface area contributed by atoms with Crippen LogP contribution in [0, 0.1) is 0 Å². The largest absolute Gasteiger partial charge is 0.484 e. The van der Waals surface area contributed by atoms with E-state index in [0.29, 0.717) is 11.7 Å². The van der Waals surface area contributed by atoms with Crippen molar-refractivity contribution >= 4 is 27.5 Å². The van der Waals surface area contributed by atoms with Crippen molar-refractivity contribution in [1.82, 2.24) is 0 Å². The summed E-state index contributed by atoms with van der Waals surface area (Å²) in [5.41, 5.74) is 1.95. The highest BCUT2D eigenvalue weighted by molar-refractivity contribution is 9.10. The first-order chi connectivity index (χ1) is 10.0. The fourth-order valence-electron chi connectivity index (χ4n) is 1.84. The van der Waals surface area contributed by atoms with Gasteiger partial charge in [0.15, 0.2) is 6.61 Å². The van der Waals surface area contributed by atoms with E-state index in [1.54, 1.807) is 0 Å². The van der Waals surface area contributed by atoms with E-state index in [1.807, 2.05) is 42.5 Å². The molecule has 0 aliphatic heterocycles. The highest BCUT2D eigenvalue weighted by Crippen LogP contribution is 2.20. The smallest absolute Gasteiger partial charge is 0.262 e. The average molecular weight is 348 g/mol. The Morgan fingerprint density at radius 3 is 2.57 bits per heavy atom. The monoisotopic (exact) mass is 347 g/mol. The third-order valence-electron chi connectivity index (χ3n) is 3.02. The van der Waals surface area contributed by atoms with Gasteiger partial charge in [0, 0.05) is 10.2 Å². The molecular weight excluding hydrogens is 330 g/mol. The predicted molar refractivity (Wildman–Crippen MR) is 88.8 cm³/mol. The number of hydrogen-bond acceptors (Lipinski definition) is 2. The van der Waals surface area contributed by atoms with Gasteiger partial charge in [-0.15, -0.1) is 0 Å². The third kappa shape index (κ3) is 4.90. The normalized spacial score (nSPS) is 10.5. The van der Waals surface area contributed by atoms with Crippen LogP contribution in [0.1, 0.15) is 25.3 Å². The highest BCUT2D eigenvalue weighted by Gasteiger charge is 2.05. The molecule has 2 rings (SSSR count). The first kappa shape index (κ1) is 15.6. The molecule has 0 unspecified atom stereocenters. The summed E-state index contributed by atoms with van der Waals surface area (Å²) in [4.78, 5) is 11.8. The van der Waals surface area contributed by atoms with Gasteiger partial charge in [-0.05, 0) is 47.9 Å². The van der Waals surface area contributed by atoms with Gasteiger partial charge in [0.25, 0.3) is 5.91 Å². The van der Waals surface area contributed by atoms with E-state index in [9.17, 15) is 4.79 Å². The number of anilines is 1. The quantitative estimate of drug-likeness (QED) is 0.858. The fourth-order valence-corrected chi connectivity index (χ4v) is 2.11. The summed E-state index contributed by atoms with van der Waals surface area (Å²) in [5.74, 6) is 0.976. The van der Waals surface area contributed by atoms with Crippen LogP contribution in [0.25, 0.3) is 0 Å². The van der Waals surface area contributed by atoms with Crippen molar-refractivity contribution < 1.29 is 9.53 Å². The zero-order chi connectivity index (χ0) is 15.2. The Labute approximate surface area is 133 Å². The molecule has 0 aliphatic rings. The molecule has 0 bridgehead atoms. The Balaban J connectivity index is 1.89. The molecule has 4 heteroatoms. The SMILES string of the molecule is CC(C)c1cccc(OCC(=O)Nc2ccc(Br)cc2)c1. The Morgan fingerprint density at radius 1 is 1.19 bits per heavy atom. The molecule has 3 nitrogen and oxygen atoms in total. The maximum absolute atomic E-state index is 11.8. The Morgan fingerprint density at radius 2 is 1.90 bits per heavy atom. The molecule has 2 aromatic rings. The molecule has 0 fully saturated rings. The summed E-state index contributed by atoms with van der Waals surface area (Å²) in [7, 11) is 0. The lowest BCUT2D eigenvalue weighted by Gasteiger charge is -2.10. The molecule has 2 aromatic carbocycles. The van der Waals surface area contributed by atoms with E-state index in [1.165, 1.54) is 5.56 Å². The van der Waals surface area contributed by atoms with Crippen LogP contribution in [-0.2, 0) is 4.79 Å². The van der Waals surface area contributed by atoms with Crippen LogP contribution in [0.5, 0.6) is 5.75 Å². The zero-order valence-electron chi connectivity index (χ0n) is 12.1. The summed E-state index contributed by atoms with van der Waals surface area (Å²) >= 11 is 3.35. The van der Waals surface area contributed by atoms with Crippen molar-refractivity contribution in [3.63, 3.8) is 0 Å². The molecule has 21 heavy (non-hydrogen) atoms. The maximum atomic E-state index is 11.8. The second kappa shape index (κ2) is 7.27. The molecule has 1 N–H and O–H groups in total. The first-order valence-electron chi connectivity index (χ1n) is 6.83. The maximum Gasteiger partial charge on any atom is 0.262 e. The average Bonchev–Trinajstić information content (AvgIpc) is 2.48. The lowest BCUT2D eigenvalue weighted by molar-refractivity contribution is -0.118. The molecule has 0 saturated carbocycles. The van der Waals surface area contributed by atoms with E-state index < -0.39 is 0 Å². The van der Waals surface area contributed by atoms with Crippen molar-refractivity contribution in [1.29, 1.82) is 0 Å². The Kier molecular flexibility index (Phi) is 5.39. The van der Waals surface area contributed by atoms with Gasteiger partial charge < -0.3 is 10.1 Å². The first-order valence-corrected chi connectivity index (χ1v) is 7.62. The summed E-state index contributed by atoms with van der Waals surface area (Å²) < 4.78 is 6.51. The Bertz CT molecular complexity index is 608. The van der Waals surface area contributed by atoms with Crippen LogP contribution in [0.4, 0.5) is 5.69 Å². The van der Waals surface area contributed by atoms with Crippen molar-refractivity contribution in [2.45, 2.75) is 19.8 Å². The lowest BCUT2D eigenvalue weighted by atomic mass is 10.0. The van der Waals surface area contributed by atoms with Crippen molar-refractivity contribution in [2.24, 2.45) is 0 Å². The molecule has 0 heterocycles. The van der Waals surface area contributed by atoms with E-state index in [0.717, 1.165) is 10.2 Å². The second-order valence-corrected chi connectivity index (χ2v) is 5.99. The number of halogens is 1.